The van der Waals surface area contributed by atoms with Gasteiger partial charge in [-0.2, -0.15) is 0 Å². The molecule has 2 bridgehead atoms. The van der Waals surface area contributed by atoms with Crippen LogP contribution in [0.5, 0.6) is 0 Å². The fourth-order valence-corrected chi connectivity index (χ4v) is 3.73. The van der Waals surface area contributed by atoms with Gasteiger partial charge in [-0.25, -0.2) is 0 Å². The van der Waals surface area contributed by atoms with Crippen LogP contribution in [0, 0.1) is 5.92 Å². The molecule has 0 amide bonds. The van der Waals surface area contributed by atoms with Crippen molar-refractivity contribution in [3.05, 3.63) is 41.7 Å². The Kier molecular flexibility index (Phi) is 2.64. The lowest BCUT2D eigenvalue weighted by Gasteiger charge is -2.45. The van der Waals surface area contributed by atoms with E-state index >= 15 is 0 Å². The van der Waals surface area contributed by atoms with Gasteiger partial charge in [-0.05, 0) is 30.9 Å². The van der Waals surface area contributed by atoms with E-state index < -0.39 is 0 Å². The van der Waals surface area contributed by atoms with Crippen molar-refractivity contribution in [2.45, 2.75) is 18.9 Å². The van der Waals surface area contributed by atoms with Crippen LogP contribution in [0.4, 0.5) is 0 Å². The number of aromatic nitrogens is 1. The SMILES string of the molecule is Cn1cc(/C=C2/C(O)C3CCN2CC3)c2ccccc21. The quantitative estimate of drug-likeness (QED) is 0.861. The smallest absolute Gasteiger partial charge is 0.0965 e. The van der Waals surface area contributed by atoms with Gasteiger partial charge in [0.2, 0.25) is 0 Å². The number of hydrogen-bond acceptors (Lipinski definition) is 2. The summed E-state index contributed by atoms with van der Waals surface area (Å²) in [5, 5.41) is 11.7. The predicted octanol–water partition coefficient (Wildman–Crippen LogP) is 2.61. The summed E-state index contributed by atoms with van der Waals surface area (Å²) in [4.78, 5) is 2.35. The monoisotopic (exact) mass is 268 g/mol. The molecule has 1 unspecified atom stereocenters. The van der Waals surface area contributed by atoms with Gasteiger partial charge in [0.25, 0.3) is 0 Å². The maximum atomic E-state index is 10.5. The van der Waals surface area contributed by atoms with Crippen LogP contribution in [0.1, 0.15) is 18.4 Å². The van der Waals surface area contributed by atoms with Gasteiger partial charge in [0, 0.05) is 48.5 Å². The molecule has 3 aliphatic rings. The molecule has 1 aromatic heterocycles. The van der Waals surface area contributed by atoms with Crippen LogP contribution in [0.3, 0.4) is 0 Å². The summed E-state index contributed by atoms with van der Waals surface area (Å²) >= 11 is 0. The van der Waals surface area contributed by atoms with Crippen molar-refractivity contribution in [1.29, 1.82) is 0 Å². The highest BCUT2D eigenvalue weighted by Gasteiger charge is 2.36. The van der Waals surface area contributed by atoms with Crippen LogP contribution in [0.2, 0.25) is 0 Å². The zero-order valence-electron chi connectivity index (χ0n) is 11.8. The van der Waals surface area contributed by atoms with Gasteiger partial charge in [0.15, 0.2) is 0 Å². The van der Waals surface area contributed by atoms with E-state index in [1.54, 1.807) is 0 Å². The summed E-state index contributed by atoms with van der Waals surface area (Å²) in [7, 11) is 2.08. The molecule has 3 fully saturated rings. The van der Waals surface area contributed by atoms with E-state index in [-0.39, 0.29) is 6.10 Å². The molecule has 3 nitrogen and oxygen atoms in total. The van der Waals surface area contributed by atoms with Crippen molar-refractivity contribution in [2.75, 3.05) is 13.1 Å². The fourth-order valence-electron chi connectivity index (χ4n) is 3.73. The third-order valence-corrected chi connectivity index (χ3v) is 4.89. The number of hydrogen-bond donors (Lipinski definition) is 1. The molecule has 20 heavy (non-hydrogen) atoms. The molecule has 3 aliphatic heterocycles. The first kappa shape index (κ1) is 12.0. The number of para-hydroxylation sites is 1. The predicted molar refractivity (Wildman–Crippen MR) is 81.2 cm³/mol. The van der Waals surface area contributed by atoms with Crippen LogP contribution in [-0.4, -0.2) is 33.8 Å². The molecule has 5 rings (SSSR count). The summed E-state index contributed by atoms with van der Waals surface area (Å²) in [5.74, 6) is 0.459. The molecule has 2 aromatic rings. The van der Waals surface area contributed by atoms with Crippen molar-refractivity contribution in [3.63, 3.8) is 0 Å². The number of nitrogens with zero attached hydrogens (tertiary/aromatic N) is 2. The molecule has 1 N–H and O–H groups in total. The maximum absolute atomic E-state index is 10.5. The van der Waals surface area contributed by atoms with Gasteiger partial charge in [-0.3, -0.25) is 0 Å². The first-order chi connectivity index (χ1) is 9.74. The Morgan fingerprint density at radius 3 is 2.70 bits per heavy atom. The Hall–Kier alpha value is -1.74. The van der Waals surface area contributed by atoms with Gasteiger partial charge in [-0.15, -0.1) is 0 Å². The highest BCUT2D eigenvalue weighted by molar-refractivity contribution is 5.89. The van der Waals surface area contributed by atoms with E-state index in [0.717, 1.165) is 31.6 Å². The maximum Gasteiger partial charge on any atom is 0.0965 e. The molecule has 0 spiro atoms. The van der Waals surface area contributed by atoms with Crippen LogP contribution >= 0.6 is 0 Å². The highest BCUT2D eigenvalue weighted by atomic mass is 16.3. The Balaban J connectivity index is 1.82. The Bertz CT molecular complexity index is 673. The van der Waals surface area contributed by atoms with Crippen molar-refractivity contribution in [1.82, 2.24) is 9.47 Å². The minimum atomic E-state index is -0.281. The second-order valence-electron chi connectivity index (χ2n) is 6.05. The number of piperidine rings is 3. The molecule has 0 aliphatic carbocycles. The normalized spacial score (nSPS) is 27.7. The molecular weight excluding hydrogens is 248 g/mol. The van der Waals surface area contributed by atoms with Crippen LogP contribution in [0.15, 0.2) is 36.2 Å². The summed E-state index contributed by atoms with van der Waals surface area (Å²) in [6.07, 6.45) is 6.34. The zero-order chi connectivity index (χ0) is 13.7. The van der Waals surface area contributed by atoms with Crippen LogP contribution in [-0.2, 0) is 7.05 Å². The third-order valence-electron chi connectivity index (χ3n) is 4.89. The summed E-state index contributed by atoms with van der Waals surface area (Å²) in [5.41, 5.74) is 3.57. The molecular formula is C17H20N2O. The second kappa shape index (κ2) is 4.38. The lowest BCUT2D eigenvalue weighted by atomic mass is 9.83. The fraction of sp³-hybridized carbons (Fsp3) is 0.412. The minimum absolute atomic E-state index is 0.281. The summed E-state index contributed by atoms with van der Waals surface area (Å²) < 4.78 is 2.16. The standard InChI is InChI=1S/C17H20N2O/c1-18-11-13(14-4-2-3-5-15(14)18)10-16-17(20)12-6-8-19(16)9-7-12/h2-5,10-12,17,20H,6-9H2,1H3/b16-10-. The molecule has 4 heterocycles. The first-order valence-electron chi connectivity index (χ1n) is 7.43. The van der Waals surface area contributed by atoms with Gasteiger partial charge in [0.1, 0.15) is 0 Å². The topological polar surface area (TPSA) is 28.4 Å². The van der Waals surface area contributed by atoms with E-state index in [4.69, 9.17) is 0 Å². The Labute approximate surface area is 119 Å². The number of fused-ring (bicyclic) bond motifs is 4. The number of benzene rings is 1. The Morgan fingerprint density at radius 1 is 1.20 bits per heavy atom. The van der Waals surface area contributed by atoms with E-state index in [1.807, 2.05) is 0 Å². The molecule has 104 valence electrons. The lowest BCUT2D eigenvalue weighted by molar-refractivity contribution is 0.0215. The van der Waals surface area contributed by atoms with Crippen molar-refractivity contribution >= 4 is 17.0 Å². The molecule has 0 saturated carbocycles. The number of rotatable bonds is 1. The Morgan fingerprint density at radius 2 is 1.95 bits per heavy atom. The largest absolute Gasteiger partial charge is 0.387 e. The lowest BCUT2D eigenvalue weighted by Crippen LogP contribution is -2.48. The number of aliphatic hydroxyl groups excluding tert-OH is 1. The average Bonchev–Trinajstić information content (AvgIpc) is 2.80. The first-order valence-corrected chi connectivity index (χ1v) is 7.43. The third kappa shape index (κ3) is 1.70. The minimum Gasteiger partial charge on any atom is -0.387 e. The van der Waals surface area contributed by atoms with Crippen LogP contribution in [0.25, 0.3) is 17.0 Å². The van der Waals surface area contributed by atoms with Gasteiger partial charge < -0.3 is 14.6 Å². The van der Waals surface area contributed by atoms with Gasteiger partial charge in [-0.1, -0.05) is 18.2 Å². The molecule has 1 atom stereocenters. The molecule has 3 heteroatoms. The van der Waals surface area contributed by atoms with Gasteiger partial charge in [0.05, 0.1) is 6.10 Å². The van der Waals surface area contributed by atoms with Crippen molar-refractivity contribution in [3.8, 4) is 0 Å². The van der Waals surface area contributed by atoms with Gasteiger partial charge >= 0.3 is 0 Å². The molecule has 0 radical (unpaired) electrons. The summed E-state index contributed by atoms with van der Waals surface area (Å²) in [6.45, 7) is 2.19. The molecule has 3 saturated heterocycles. The second-order valence-corrected chi connectivity index (χ2v) is 6.05. The van der Waals surface area contributed by atoms with Crippen molar-refractivity contribution in [2.24, 2.45) is 13.0 Å². The van der Waals surface area contributed by atoms with Crippen LogP contribution < -0.4 is 0 Å². The van der Waals surface area contributed by atoms with Crippen molar-refractivity contribution < 1.29 is 5.11 Å². The van der Waals surface area contributed by atoms with E-state index in [9.17, 15) is 5.11 Å². The average molecular weight is 268 g/mol. The van der Waals surface area contributed by atoms with E-state index in [0.29, 0.717) is 5.92 Å². The van der Waals surface area contributed by atoms with E-state index in [1.165, 1.54) is 16.5 Å². The zero-order valence-corrected chi connectivity index (χ0v) is 11.8. The highest BCUT2D eigenvalue weighted by Crippen LogP contribution is 2.36. The number of aliphatic hydroxyl groups is 1. The van der Waals surface area contributed by atoms with E-state index in [2.05, 4.69) is 53.1 Å². The number of aryl methyl sites for hydroxylation is 1. The molecule has 1 aromatic carbocycles. The summed E-state index contributed by atoms with van der Waals surface area (Å²) in [6, 6.07) is 8.44.